The zero-order chi connectivity index (χ0) is 25.2. The Balaban J connectivity index is 1.47. The highest BCUT2D eigenvalue weighted by atomic mass is 32.1. The first kappa shape index (κ1) is 19.7. The quantitative estimate of drug-likeness (QED) is 0.213. The van der Waals surface area contributed by atoms with E-state index in [4.69, 9.17) is 1.37 Å². The Bertz CT molecular complexity index is 2150. The van der Waals surface area contributed by atoms with E-state index in [0.717, 1.165) is 10.8 Å². The fourth-order valence-corrected chi connectivity index (χ4v) is 7.00. The van der Waals surface area contributed by atoms with Crippen LogP contribution in [0.2, 0.25) is 0 Å². The van der Waals surface area contributed by atoms with Gasteiger partial charge >= 0.3 is 0 Å². The first-order valence-corrected chi connectivity index (χ1v) is 13.4. The van der Waals surface area contributed by atoms with Crippen LogP contribution in [0.5, 0.6) is 0 Å². The van der Waals surface area contributed by atoms with Crippen LogP contribution in [0.1, 0.15) is 1.37 Å². The van der Waals surface area contributed by atoms with Crippen LogP contribution in [0.3, 0.4) is 0 Å². The van der Waals surface area contributed by atoms with Gasteiger partial charge in [0.25, 0.3) is 0 Å². The lowest BCUT2D eigenvalue weighted by atomic mass is 9.85. The molecule has 0 atom stereocenters. The lowest BCUT2D eigenvalue weighted by Crippen LogP contribution is -1.91. The Morgan fingerprint density at radius 3 is 1.68 bits per heavy atom. The van der Waals surface area contributed by atoms with E-state index in [9.17, 15) is 0 Å². The Kier molecular flexibility index (Phi) is 4.27. The van der Waals surface area contributed by atoms with E-state index in [-0.39, 0.29) is 0 Å². The summed E-state index contributed by atoms with van der Waals surface area (Å²) in [4.78, 5) is 0. The van der Waals surface area contributed by atoms with Gasteiger partial charge in [0.1, 0.15) is 0 Å². The molecule has 0 saturated heterocycles. The average Bonchev–Trinajstić information content (AvgIpc) is 3.33. The maximum absolute atomic E-state index is 8.00. The maximum atomic E-state index is 8.00. The first-order valence-electron chi connectivity index (χ1n) is 13.1. The highest BCUT2D eigenvalue weighted by molar-refractivity contribution is 7.25. The molecule has 0 fully saturated rings. The van der Waals surface area contributed by atoms with Gasteiger partial charge in [-0.3, -0.25) is 0 Å². The van der Waals surface area contributed by atoms with Crippen molar-refractivity contribution in [3.05, 3.63) is 133 Å². The normalized spacial score (nSPS) is 12.2. The Labute approximate surface area is 220 Å². The van der Waals surface area contributed by atoms with Gasteiger partial charge in [-0.2, -0.15) is 0 Å². The predicted octanol–water partition coefficient (Wildman–Crippen LogP) is 10.8. The third kappa shape index (κ3) is 3.15. The van der Waals surface area contributed by atoms with Crippen LogP contribution in [0.15, 0.2) is 133 Å². The Hall–Kier alpha value is -4.46. The van der Waals surface area contributed by atoms with Gasteiger partial charge in [-0.25, -0.2) is 0 Å². The summed E-state index contributed by atoms with van der Waals surface area (Å²) in [5.74, 6) is 0. The fourth-order valence-electron chi connectivity index (χ4n) is 5.91. The highest BCUT2D eigenvalue weighted by Crippen LogP contribution is 2.45. The van der Waals surface area contributed by atoms with Gasteiger partial charge in [0.05, 0.1) is 1.37 Å². The number of hydrogen-bond donors (Lipinski definition) is 0. The summed E-state index contributed by atoms with van der Waals surface area (Å²) >= 11 is 1.86. The monoisotopic (exact) mass is 487 g/mol. The van der Waals surface area contributed by atoms with E-state index in [1.165, 1.54) is 64.0 Å². The molecule has 1 aromatic heterocycles. The molecule has 1 heterocycles. The molecule has 0 spiro atoms. The summed E-state index contributed by atoms with van der Waals surface area (Å²) in [6.45, 7) is 0. The van der Waals surface area contributed by atoms with Crippen LogP contribution in [0, 0.1) is 0 Å². The van der Waals surface area contributed by atoms with Gasteiger partial charge in [-0.05, 0) is 78.8 Å². The SMILES string of the molecule is [2H]c1ccc2cc(-c3c4ccccc4c(-c4ccc5sc6ccccc6c5c4)c4ccccc34)ccc2c1. The second kappa shape index (κ2) is 8.03. The second-order valence-electron chi connectivity index (χ2n) is 9.64. The van der Waals surface area contributed by atoms with Crippen molar-refractivity contribution in [3.8, 4) is 22.3 Å². The van der Waals surface area contributed by atoms with Crippen molar-refractivity contribution < 1.29 is 1.37 Å². The summed E-state index contributed by atoms with van der Waals surface area (Å²) in [5.41, 5.74) is 5.01. The molecule has 1 heteroatoms. The summed E-state index contributed by atoms with van der Waals surface area (Å²) in [5, 5.41) is 9.95. The minimum atomic E-state index is 0.542. The van der Waals surface area contributed by atoms with E-state index in [1.807, 2.05) is 23.5 Å². The lowest BCUT2D eigenvalue weighted by Gasteiger charge is -2.18. The van der Waals surface area contributed by atoms with E-state index in [0.29, 0.717) is 6.04 Å². The van der Waals surface area contributed by atoms with Crippen LogP contribution >= 0.6 is 11.3 Å². The second-order valence-corrected chi connectivity index (χ2v) is 10.7. The van der Waals surface area contributed by atoms with Crippen molar-refractivity contribution in [3.63, 3.8) is 0 Å². The Morgan fingerprint density at radius 1 is 0.405 bits per heavy atom. The molecular formula is C36H22S. The molecule has 0 N–H and O–H groups in total. The van der Waals surface area contributed by atoms with Gasteiger partial charge in [0, 0.05) is 20.2 Å². The molecule has 0 aliphatic heterocycles. The molecule has 37 heavy (non-hydrogen) atoms. The van der Waals surface area contributed by atoms with Crippen molar-refractivity contribution in [2.75, 3.05) is 0 Å². The zero-order valence-corrected chi connectivity index (χ0v) is 20.8. The van der Waals surface area contributed by atoms with Crippen LogP contribution in [-0.4, -0.2) is 0 Å². The van der Waals surface area contributed by atoms with Gasteiger partial charge in [-0.1, -0.05) is 109 Å². The molecule has 0 bridgehead atoms. The van der Waals surface area contributed by atoms with Gasteiger partial charge in [-0.15, -0.1) is 11.3 Å². The summed E-state index contributed by atoms with van der Waals surface area (Å²) in [7, 11) is 0. The highest BCUT2D eigenvalue weighted by Gasteiger charge is 2.17. The number of fused-ring (bicyclic) bond motifs is 6. The molecule has 0 unspecified atom stereocenters. The molecular weight excluding hydrogens is 464 g/mol. The predicted molar refractivity (Wildman–Crippen MR) is 163 cm³/mol. The largest absolute Gasteiger partial charge is 0.135 e. The van der Waals surface area contributed by atoms with E-state index in [2.05, 4.69) is 115 Å². The molecule has 0 saturated carbocycles. The van der Waals surface area contributed by atoms with Gasteiger partial charge in [0.2, 0.25) is 0 Å². The van der Waals surface area contributed by atoms with E-state index < -0.39 is 0 Å². The van der Waals surface area contributed by atoms with E-state index >= 15 is 0 Å². The van der Waals surface area contributed by atoms with Crippen LogP contribution in [0.4, 0.5) is 0 Å². The maximum Gasteiger partial charge on any atom is 0.0623 e. The van der Waals surface area contributed by atoms with Crippen molar-refractivity contribution in [1.29, 1.82) is 0 Å². The molecule has 172 valence electrons. The number of benzene rings is 7. The van der Waals surface area contributed by atoms with Crippen molar-refractivity contribution in [1.82, 2.24) is 0 Å². The molecule has 8 rings (SSSR count). The van der Waals surface area contributed by atoms with Crippen molar-refractivity contribution in [2.45, 2.75) is 0 Å². The lowest BCUT2D eigenvalue weighted by molar-refractivity contribution is 1.69. The summed E-state index contributed by atoms with van der Waals surface area (Å²) in [6.07, 6.45) is 0. The molecule has 8 aromatic rings. The number of rotatable bonds is 2. The Morgan fingerprint density at radius 2 is 0.973 bits per heavy atom. The van der Waals surface area contributed by atoms with Gasteiger partial charge in [0.15, 0.2) is 0 Å². The molecule has 7 aromatic carbocycles. The summed E-state index contributed by atoms with van der Waals surface area (Å²) in [6, 6.07) is 46.4. The molecule has 0 aliphatic carbocycles. The van der Waals surface area contributed by atoms with Crippen LogP contribution in [0.25, 0.3) is 74.7 Å². The van der Waals surface area contributed by atoms with Crippen LogP contribution < -0.4 is 0 Å². The smallest absolute Gasteiger partial charge is 0.0623 e. The molecule has 0 amide bonds. The molecule has 0 radical (unpaired) electrons. The van der Waals surface area contributed by atoms with Crippen LogP contribution in [-0.2, 0) is 0 Å². The van der Waals surface area contributed by atoms with Crippen molar-refractivity contribution >= 4 is 63.8 Å². The van der Waals surface area contributed by atoms with Crippen molar-refractivity contribution in [2.24, 2.45) is 0 Å². The molecule has 0 aliphatic rings. The first-order chi connectivity index (χ1) is 18.7. The minimum absolute atomic E-state index is 0.542. The van der Waals surface area contributed by atoms with Gasteiger partial charge < -0.3 is 0 Å². The number of hydrogen-bond acceptors (Lipinski definition) is 1. The summed E-state index contributed by atoms with van der Waals surface area (Å²) < 4.78 is 10.7. The fraction of sp³-hybridized carbons (Fsp3) is 0. The third-order valence-electron chi connectivity index (χ3n) is 7.57. The average molecular weight is 488 g/mol. The standard InChI is InChI=1S/C36H22S/c1-2-10-24-21-25(18-17-23(24)9-1)35-28-12-3-5-14-30(28)36(31-15-6-4-13-29(31)35)26-19-20-34-32(22-26)27-11-7-8-16-33(27)37-34/h1-22H/i1D. The number of thiophene rings is 1. The zero-order valence-electron chi connectivity index (χ0n) is 21.0. The minimum Gasteiger partial charge on any atom is -0.135 e. The third-order valence-corrected chi connectivity index (χ3v) is 8.72. The molecule has 0 nitrogen and oxygen atoms in total. The topological polar surface area (TPSA) is 0 Å². The van der Waals surface area contributed by atoms with E-state index in [1.54, 1.807) is 0 Å².